The molecule has 0 saturated carbocycles. The number of nitrogens with zero attached hydrogens (tertiary/aromatic N) is 4. The lowest BCUT2D eigenvalue weighted by Gasteiger charge is -2.32. The Bertz CT molecular complexity index is 1480. The molecular formula is C28H35F5N6O4Si. The van der Waals surface area contributed by atoms with Gasteiger partial charge in [-0.3, -0.25) is 4.79 Å². The summed E-state index contributed by atoms with van der Waals surface area (Å²) >= 11 is 0. The summed E-state index contributed by atoms with van der Waals surface area (Å²) in [5.41, 5.74) is -1.54. The second-order valence-electron chi connectivity index (χ2n) is 11.7. The first kappa shape index (κ1) is 33.1. The molecule has 3 aromatic rings. The van der Waals surface area contributed by atoms with Crippen molar-refractivity contribution >= 4 is 36.7 Å². The summed E-state index contributed by atoms with van der Waals surface area (Å²) in [4.78, 5) is 32.3. The van der Waals surface area contributed by atoms with Gasteiger partial charge in [0.25, 0.3) is 0 Å². The smallest absolute Gasteiger partial charge is 0.418 e. The fourth-order valence-electron chi connectivity index (χ4n) is 4.46. The van der Waals surface area contributed by atoms with Crippen LogP contribution >= 0.6 is 0 Å². The molecule has 240 valence electrons. The number of carbonyl (C=O) groups is 2. The number of pyridine rings is 1. The minimum atomic E-state index is -4.83. The molecule has 0 spiro atoms. The number of hydrogen-bond donors (Lipinski definition) is 2. The first-order chi connectivity index (χ1) is 20.6. The maximum atomic E-state index is 15.0. The number of amides is 3. The molecule has 4 rings (SSSR count). The van der Waals surface area contributed by atoms with E-state index in [2.05, 4.69) is 40.2 Å². The van der Waals surface area contributed by atoms with E-state index in [0.717, 1.165) is 36.6 Å². The fraction of sp³-hybridized carbons (Fsp3) is 0.464. The van der Waals surface area contributed by atoms with Crippen LogP contribution in [-0.2, 0) is 22.4 Å². The molecule has 1 fully saturated rings. The Kier molecular flexibility index (Phi) is 10.2. The third-order valence-electron chi connectivity index (χ3n) is 6.98. The number of anilines is 1. The number of likely N-dealkylation sites (N-methyl/N-ethyl adjacent to an activating group) is 1. The molecule has 44 heavy (non-hydrogen) atoms. The number of aromatic nitrogens is 2. The van der Waals surface area contributed by atoms with Crippen LogP contribution in [0.1, 0.15) is 5.56 Å². The Labute approximate surface area is 252 Å². The predicted molar refractivity (Wildman–Crippen MR) is 156 cm³/mol. The number of urea groups is 1. The number of hydrogen-bond acceptors (Lipinski definition) is 6. The molecule has 3 amide bonds. The van der Waals surface area contributed by atoms with Crippen LogP contribution in [0.4, 0.5) is 32.4 Å². The van der Waals surface area contributed by atoms with Crippen molar-refractivity contribution in [2.45, 2.75) is 38.6 Å². The van der Waals surface area contributed by atoms with Gasteiger partial charge in [0, 0.05) is 71.1 Å². The first-order valence-corrected chi connectivity index (χ1v) is 17.6. The van der Waals surface area contributed by atoms with E-state index >= 15 is 8.78 Å². The van der Waals surface area contributed by atoms with E-state index in [1.54, 1.807) is 4.90 Å². The number of nitrogens with one attached hydrogen (secondary N) is 2. The molecule has 0 bridgehead atoms. The molecule has 0 radical (unpaired) electrons. The molecule has 2 aromatic heterocycles. The largest absolute Gasteiger partial charge is 0.450 e. The van der Waals surface area contributed by atoms with Crippen molar-refractivity contribution in [3.05, 3.63) is 47.8 Å². The summed E-state index contributed by atoms with van der Waals surface area (Å²) in [6.45, 7) is 8.69. The summed E-state index contributed by atoms with van der Waals surface area (Å²) in [6, 6.07) is 2.50. The minimum Gasteiger partial charge on any atom is -0.450 e. The Morgan fingerprint density at radius 1 is 1.07 bits per heavy atom. The van der Waals surface area contributed by atoms with Gasteiger partial charge < -0.3 is 34.5 Å². The zero-order chi connectivity index (χ0) is 32.2. The fourth-order valence-corrected chi connectivity index (χ4v) is 5.22. The van der Waals surface area contributed by atoms with Crippen LogP contribution in [0.15, 0.2) is 30.6 Å². The summed E-state index contributed by atoms with van der Waals surface area (Å²) in [6.07, 6.45) is -2.84. The Morgan fingerprint density at radius 2 is 1.73 bits per heavy atom. The molecule has 0 aliphatic carbocycles. The van der Waals surface area contributed by atoms with Gasteiger partial charge in [-0.25, -0.2) is 18.6 Å². The Balaban J connectivity index is 1.48. The average Bonchev–Trinajstić information content (AvgIpc) is 3.32. The summed E-state index contributed by atoms with van der Waals surface area (Å²) in [5.74, 6) is -4.30. The van der Waals surface area contributed by atoms with E-state index in [4.69, 9.17) is 9.47 Å². The van der Waals surface area contributed by atoms with Crippen LogP contribution in [-0.4, -0.2) is 85.7 Å². The molecule has 16 heteroatoms. The Hall–Kier alpha value is -3.76. The molecule has 0 unspecified atom stereocenters. The zero-order valence-corrected chi connectivity index (χ0v) is 25.9. The lowest BCUT2D eigenvalue weighted by atomic mass is 10.2. The van der Waals surface area contributed by atoms with Crippen molar-refractivity contribution in [3.8, 4) is 11.5 Å². The highest BCUT2D eigenvalue weighted by Gasteiger charge is 2.37. The number of alkyl halides is 3. The van der Waals surface area contributed by atoms with Crippen molar-refractivity contribution in [1.82, 2.24) is 24.7 Å². The standard InChI is InChI=1S/C28H35F5N6O4Si/c1-37-7-9-38(10-8-37)23(40)15-35-27(41)36-18-13-20(29)25(21(30)14-18)43-22-5-6-34-26-24(22)19(28(31,32)33)16-39(26)17-42-11-12-44(2,3)4/h5-6,13-14,16H,7-12,15,17H2,1-4H3,(H2,35,36,41). The Morgan fingerprint density at radius 3 is 2.34 bits per heavy atom. The third kappa shape index (κ3) is 8.44. The molecular weight excluding hydrogens is 607 g/mol. The van der Waals surface area contributed by atoms with Crippen molar-refractivity contribution < 1.29 is 41.0 Å². The monoisotopic (exact) mass is 642 g/mol. The topological polar surface area (TPSA) is 101 Å². The van der Waals surface area contributed by atoms with E-state index in [9.17, 15) is 22.8 Å². The normalized spacial score (nSPS) is 14.6. The predicted octanol–water partition coefficient (Wildman–Crippen LogP) is 5.33. The van der Waals surface area contributed by atoms with Gasteiger partial charge in [0.2, 0.25) is 5.91 Å². The summed E-state index contributed by atoms with van der Waals surface area (Å²) in [5, 5.41) is 4.10. The zero-order valence-electron chi connectivity index (χ0n) is 24.9. The van der Waals surface area contributed by atoms with Crippen LogP contribution in [0, 0.1) is 11.6 Å². The van der Waals surface area contributed by atoms with Crippen molar-refractivity contribution in [1.29, 1.82) is 0 Å². The SMILES string of the molecule is CN1CCN(C(=O)CNC(=O)Nc2cc(F)c(Oc3ccnc4c3c(C(F)(F)F)cn4COCC[Si](C)(C)C)c(F)c2)CC1. The van der Waals surface area contributed by atoms with Gasteiger partial charge in [0.05, 0.1) is 17.5 Å². The van der Waals surface area contributed by atoms with Crippen molar-refractivity contribution in [3.63, 3.8) is 0 Å². The maximum absolute atomic E-state index is 15.0. The summed E-state index contributed by atoms with van der Waals surface area (Å²) < 4.78 is 84.2. The number of ether oxygens (including phenoxy) is 2. The molecule has 1 aliphatic rings. The van der Waals surface area contributed by atoms with E-state index < -0.39 is 54.4 Å². The van der Waals surface area contributed by atoms with Gasteiger partial charge in [0.15, 0.2) is 17.4 Å². The maximum Gasteiger partial charge on any atom is 0.418 e. The van der Waals surface area contributed by atoms with Crippen LogP contribution in [0.5, 0.6) is 11.5 Å². The molecule has 1 aliphatic heterocycles. The van der Waals surface area contributed by atoms with E-state index in [1.807, 2.05) is 7.05 Å². The lowest BCUT2D eigenvalue weighted by molar-refractivity contribution is -0.136. The summed E-state index contributed by atoms with van der Waals surface area (Å²) in [7, 11) is 0.502. The molecule has 2 N–H and O–H groups in total. The van der Waals surface area contributed by atoms with Crippen LogP contribution in [0.3, 0.4) is 0 Å². The van der Waals surface area contributed by atoms with Gasteiger partial charge in [-0.1, -0.05) is 19.6 Å². The number of halogens is 5. The van der Waals surface area contributed by atoms with Crippen LogP contribution in [0.2, 0.25) is 25.7 Å². The van der Waals surface area contributed by atoms with Gasteiger partial charge in [0.1, 0.15) is 18.1 Å². The van der Waals surface area contributed by atoms with Crippen LogP contribution in [0.25, 0.3) is 11.0 Å². The first-order valence-electron chi connectivity index (χ1n) is 13.9. The van der Waals surface area contributed by atoms with E-state index in [-0.39, 0.29) is 30.5 Å². The van der Waals surface area contributed by atoms with Crippen molar-refractivity contribution in [2.24, 2.45) is 0 Å². The van der Waals surface area contributed by atoms with Crippen molar-refractivity contribution in [2.75, 3.05) is 51.7 Å². The van der Waals surface area contributed by atoms with Crippen LogP contribution < -0.4 is 15.4 Å². The second-order valence-corrected chi connectivity index (χ2v) is 17.4. The van der Waals surface area contributed by atoms with E-state index in [1.165, 1.54) is 4.57 Å². The lowest BCUT2D eigenvalue weighted by Crippen LogP contribution is -2.50. The number of carbonyl (C=O) groups excluding carboxylic acids is 2. The molecule has 0 atom stereocenters. The highest BCUT2D eigenvalue weighted by atomic mass is 28.3. The van der Waals surface area contributed by atoms with Gasteiger partial charge in [-0.15, -0.1) is 0 Å². The van der Waals surface area contributed by atoms with Gasteiger partial charge in [-0.05, 0) is 19.2 Å². The highest BCUT2D eigenvalue weighted by molar-refractivity contribution is 6.76. The number of piperazine rings is 1. The average molecular weight is 643 g/mol. The number of benzene rings is 1. The van der Waals surface area contributed by atoms with Gasteiger partial charge >= 0.3 is 12.2 Å². The third-order valence-corrected chi connectivity index (χ3v) is 8.68. The minimum absolute atomic E-state index is 0.135. The molecule has 1 saturated heterocycles. The molecule has 1 aromatic carbocycles. The molecule has 3 heterocycles. The quantitative estimate of drug-likeness (QED) is 0.176. The van der Waals surface area contributed by atoms with Gasteiger partial charge in [-0.2, -0.15) is 13.2 Å². The van der Waals surface area contributed by atoms with E-state index in [0.29, 0.717) is 32.8 Å². The highest BCUT2D eigenvalue weighted by Crippen LogP contribution is 2.42. The number of rotatable bonds is 10. The number of fused-ring (bicyclic) bond motifs is 1. The second kappa shape index (κ2) is 13.5. The molecule has 10 nitrogen and oxygen atoms in total.